The summed E-state index contributed by atoms with van der Waals surface area (Å²) in [5, 5.41) is 4.11. The molecule has 2 heterocycles. The SMILES string of the molecule is CC(C)n1ncnc1CC(=O)C1CCCO1. The van der Waals surface area contributed by atoms with E-state index in [1.54, 1.807) is 4.68 Å². The summed E-state index contributed by atoms with van der Waals surface area (Å²) in [6.07, 6.45) is 3.42. The van der Waals surface area contributed by atoms with Gasteiger partial charge in [-0.05, 0) is 26.7 Å². The summed E-state index contributed by atoms with van der Waals surface area (Å²) in [6.45, 7) is 4.75. The Balaban J connectivity index is 2.02. The monoisotopic (exact) mass is 223 g/mol. The fraction of sp³-hybridized carbons (Fsp3) is 0.727. The molecule has 1 saturated heterocycles. The second-order valence-electron chi connectivity index (χ2n) is 4.36. The summed E-state index contributed by atoms with van der Waals surface area (Å²) < 4.78 is 7.14. The highest BCUT2D eigenvalue weighted by Crippen LogP contribution is 2.15. The Morgan fingerprint density at radius 2 is 2.50 bits per heavy atom. The molecule has 1 unspecified atom stereocenters. The largest absolute Gasteiger partial charge is 0.370 e. The average molecular weight is 223 g/mol. The molecule has 1 aromatic heterocycles. The standard InChI is InChI=1S/C11H17N3O2/c1-8(2)14-11(12-7-13-14)6-9(15)10-4-3-5-16-10/h7-8,10H,3-6H2,1-2H3. The first-order valence-corrected chi connectivity index (χ1v) is 5.71. The van der Waals surface area contributed by atoms with Crippen LogP contribution < -0.4 is 0 Å². The van der Waals surface area contributed by atoms with Crippen LogP contribution in [-0.2, 0) is 16.0 Å². The summed E-state index contributed by atoms with van der Waals surface area (Å²) >= 11 is 0. The Morgan fingerprint density at radius 1 is 1.69 bits per heavy atom. The van der Waals surface area contributed by atoms with Crippen LogP contribution in [0.25, 0.3) is 0 Å². The second-order valence-corrected chi connectivity index (χ2v) is 4.36. The molecule has 1 atom stereocenters. The number of hydrogen-bond donors (Lipinski definition) is 0. The molecule has 1 aliphatic rings. The van der Waals surface area contributed by atoms with Crippen molar-refractivity contribution in [1.29, 1.82) is 0 Å². The van der Waals surface area contributed by atoms with Gasteiger partial charge in [0.2, 0.25) is 0 Å². The molecular formula is C11H17N3O2. The molecule has 0 amide bonds. The first-order valence-electron chi connectivity index (χ1n) is 5.71. The number of carbonyl (C=O) groups excluding carboxylic acids is 1. The van der Waals surface area contributed by atoms with Gasteiger partial charge in [-0.15, -0.1) is 0 Å². The minimum atomic E-state index is -0.225. The van der Waals surface area contributed by atoms with E-state index in [1.165, 1.54) is 6.33 Å². The molecule has 1 aromatic rings. The van der Waals surface area contributed by atoms with E-state index < -0.39 is 0 Å². The molecule has 0 radical (unpaired) electrons. The summed E-state index contributed by atoms with van der Waals surface area (Å²) in [4.78, 5) is 16.0. The number of nitrogens with zero attached hydrogens (tertiary/aromatic N) is 3. The van der Waals surface area contributed by atoms with Crippen molar-refractivity contribution in [2.45, 2.75) is 45.3 Å². The van der Waals surface area contributed by atoms with E-state index in [0.29, 0.717) is 13.0 Å². The lowest BCUT2D eigenvalue weighted by molar-refractivity contribution is -0.127. The Bertz CT molecular complexity index is 367. The molecule has 2 rings (SSSR count). The van der Waals surface area contributed by atoms with Crippen LogP contribution in [0.3, 0.4) is 0 Å². The van der Waals surface area contributed by atoms with Crippen molar-refractivity contribution in [1.82, 2.24) is 14.8 Å². The van der Waals surface area contributed by atoms with Crippen molar-refractivity contribution in [3.8, 4) is 0 Å². The minimum absolute atomic E-state index is 0.118. The van der Waals surface area contributed by atoms with Crippen LogP contribution in [0.4, 0.5) is 0 Å². The zero-order valence-electron chi connectivity index (χ0n) is 9.72. The molecule has 1 aliphatic heterocycles. The van der Waals surface area contributed by atoms with Crippen LogP contribution in [0, 0.1) is 0 Å². The van der Waals surface area contributed by atoms with Crippen LogP contribution in [0.5, 0.6) is 0 Å². The van der Waals surface area contributed by atoms with E-state index in [-0.39, 0.29) is 17.9 Å². The first-order chi connectivity index (χ1) is 7.68. The highest BCUT2D eigenvalue weighted by Gasteiger charge is 2.25. The molecule has 5 heteroatoms. The van der Waals surface area contributed by atoms with Crippen LogP contribution in [-0.4, -0.2) is 33.3 Å². The molecule has 16 heavy (non-hydrogen) atoms. The Labute approximate surface area is 94.8 Å². The molecule has 0 saturated carbocycles. The molecule has 88 valence electrons. The van der Waals surface area contributed by atoms with E-state index in [2.05, 4.69) is 10.1 Å². The average Bonchev–Trinajstić information content (AvgIpc) is 2.86. The summed E-state index contributed by atoms with van der Waals surface area (Å²) in [5.74, 6) is 0.850. The summed E-state index contributed by atoms with van der Waals surface area (Å²) in [7, 11) is 0. The maximum Gasteiger partial charge on any atom is 0.169 e. The lowest BCUT2D eigenvalue weighted by atomic mass is 10.1. The molecule has 0 N–H and O–H groups in total. The molecular weight excluding hydrogens is 206 g/mol. The van der Waals surface area contributed by atoms with E-state index in [1.807, 2.05) is 13.8 Å². The van der Waals surface area contributed by atoms with E-state index in [9.17, 15) is 4.79 Å². The zero-order valence-corrected chi connectivity index (χ0v) is 9.72. The van der Waals surface area contributed by atoms with Gasteiger partial charge in [0.15, 0.2) is 5.78 Å². The van der Waals surface area contributed by atoms with Crippen LogP contribution in [0.1, 0.15) is 38.6 Å². The third-order valence-corrected chi connectivity index (χ3v) is 2.76. The highest BCUT2D eigenvalue weighted by molar-refractivity contribution is 5.84. The van der Waals surface area contributed by atoms with Gasteiger partial charge in [-0.25, -0.2) is 9.67 Å². The number of Topliss-reactive ketones (excluding diaryl/α,β-unsaturated/α-hetero) is 1. The Hall–Kier alpha value is -1.23. The number of hydrogen-bond acceptors (Lipinski definition) is 4. The molecule has 0 bridgehead atoms. The van der Waals surface area contributed by atoms with E-state index in [4.69, 9.17) is 4.74 Å². The van der Waals surface area contributed by atoms with Gasteiger partial charge in [0.1, 0.15) is 18.3 Å². The number of aromatic nitrogens is 3. The van der Waals surface area contributed by atoms with Crippen molar-refractivity contribution >= 4 is 5.78 Å². The van der Waals surface area contributed by atoms with Gasteiger partial charge in [-0.2, -0.15) is 5.10 Å². The number of carbonyl (C=O) groups is 1. The van der Waals surface area contributed by atoms with Crippen LogP contribution in [0.2, 0.25) is 0 Å². The second kappa shape index (κ2) is 4.74. The predicted molar refractivity (Wildman–Crippen MR) is 58.1 cm³/mol. The quantitative estimate of drug-likeness (QED) is 0.768. The topological polar surface area (TPSA) is 57.0 Å². The van der Waals surface area contributed by atoms with Crippen molar-refractivity contribution in [3.63, 3.8) is 0 Å². The van der Waals surface area contributed by atoms with Gasteiger partial charge in [0.25, 0.3) is 0 Å². The van der Waals surface area contributed by atoms with Crippen LogP contribution in [0.15, 0.2) is 6.33 Å². The van der Waals surface area contributed by atoms with Crippen LogP contribution >= 0.6 is 0 Å². The maximum absolute atomic E-state index is 11.9. The normalized spacial score (nSPS) is 20.6. The van der Waals surface area contributed by atoms with Gasteiger partial charge in [0, 0.05) is 12.6 Å². The van der Waals surface area contributed by atoms with Gasteiger partial charge >= 0.3 is 0 Å². The van der Waals surface area contributed by atoms with Gasteiger partial charge in [-0.3, -0.25) is 4.79 Å². The summed E-state index contributed by atoms with van der Waals surface area (Å²) in [6, 6.07) is 0.231. The predicted octanol–water partition coefficient (Wildman–Crippen LogP) is 1.15. The van der Waals surface area contributed by atoms with Gasteiger partial charge in [0.05, 0.1) is 6.42 Å². The lowest BCUT2D eigenvalue weighted by Gasteiger charge is -2.11. The van der Waals surface area contributed by atoms with Gasteiger partial charge in [-0.1, -0.05) is 0 Å². The third kappa shape index (κ3) is 2.29. The zero-order chi connectivity index (χ0) is 11.5. The summed E-state index contributed by atoms with van der Waals surface area (Å²) in [5.41, 5.74) is 0. The molecule has 0 aromatic carbocycles. The number of rotatable bonds is 4. The Morgan fingerprint density at radius 3 is 3.12 bits per heavy atom. The van der Waals surface area contributed by atoms with Crippen molar-refractivity contribution in [2.24, 2.45) is 0 Å². The molecule has 0 spiro atoms. The maximum atomic E-state index is 11.9. The number of ether oxygens (including phenoxy) is 1. The fourth-order valence-corrected chi connectivity index (χ4v) is 1.93. The van der Waals surface area contributed by atoms with Crippen molar-refractivity contribution < 1.29 is 9.53 Å². The Kier molecular flexibility index (Phi) is 3.33. The molecule has 0 aliphatic carbocycles. The van der Waals surface area contributed by atoms with Crippen molar-refractivity contribution in [2.75, 3.05) is 6.61 Å². The minimum Gasteiger partial charge on any atom is -0.370 e. The van der Waals surface area contributed by atoms with Crippen molar-refractivity contribution in [3.05, 3.63) is 12.2 Å². The lowest BCUT2D eigenvalue weighted by Crippen LogP contribution is -2.23. The number of ketones is 1. The first kappa shape index (κ1) is 11.3. The van der Waals surface area contributed by atoms with E-state index >= 15 is 0 Å². The highest BCUT2D eigenvalue weighted by atomic mass is 16.5. The molecule has 5 nitrogen and oxygen atoms in total. The van der Waals surface area contributed by atoms with E-state index in [0.717, 1.165) is 18.7 Å². The smallest absolute Gasteiger partial charge is 0.169 e. The van der Waals surface area contributed by atoms with Gasteiger partial charge < -0.3 is 4.74 Å². The molecule has 1 fully saturated rings. The third-order valence-electron chi connectivity index (χ3n) is 2.76. The fourth-order valence-electron chi connectivity index (χ4n) is 1.93.